The van der Waals surface area contributed by atoms with E-state index in [1.807, 2.05) is 38.1 Å². The lowest BCUT2D eigenvalue weighted by Gasteiger charge is -2.14. The van der Waals surface area contributed by atoms with Gasteiger partial charge in [-0.05, 0) is 72.6 Å². The van der Waals surface area contributed by atoms with Gasteiger partial charge in [0.05, 0.1) is 23.0 Å². The molecular weight excluding hydrogens is 508 g/mol. The lowest BCUT2D eigenvalue weighted by atomic mass is 10.1. The number of rotatable bonds is 11. The maximum Gasteiger partial charge on any atom is 0.293 e. The van der Waals surface area contributed by atoms with Crippen LogP contribution >= 0.6 is 11.8 Å². The number of non-ortho nitro benzene ring substituents is 1. The largest absolute Gasteiger partial charge is 0.492 e. The van der Waals surface area contributed by atoms with E-state index in [1.54, 1.807) is 36.4 Å². The molecule has 196 valence electrons. The lowest BCUT2D eigenvalue weighted by molar-refractivity contribution is -0.384. The van der Waals surface area contributed by atoms with Gasteiger partial charge in [0.15, 0.2) is 11.5 Å². The van der Waals surface area contributed by atoms with Crippen molar-refractivity contribution >= 4 is 34.7 Å². The van der Waals surface area contributed by atoms with E-state index in [1.165, 1.54) is 17.0 Å². The first-order valence-electron chi connectivity index (χ1n) is 11.9. The second kappa shape index (κ2) is 12.3. The molecule has 0 bridgehead atoms. The third-order valence-corrected chi connectivity index (χ3v) is 6.44. The van der Waals surface area contributed by atoms with Crippen molar-refractivity contribution in [2.24, 2.45) is 0 Å². The smallest absolute Gasteiger partial charge is 0.293 e. The molecule has 2 amide bonds. The predicted molar refractivity (Wildman–Crippen MR) is 144 cm³/mol. The van der Waals surface area contributed by atoms with E-state index in [4.69, 9.17) is 14.2 Å². The van der Waals surface area contributed by atoms with Gasteiger partial charge in [-0.1, -0.05) is 30.3 Å². The Bertz CT molecular complexity index is 1390. The SMILES string of the molecule is CCOc1cc(/C=C2\SC(=O)N(CCOc3cccc(C)c3)C2=O)ccc1OCc1cccc([N+](=O)[O-])c1. The van der Waals surface area contributed by atoms with E-state index < -0.39 is 4.92 Å². The van der Waals surface area contributed by atoms with E-state index in [0.29, 0.717) is 39.9 Å². The Morgan fingerprint density at radius 2 is 1.79 bits per heavy atom. The van der Waals surface area contributed by atoms with Crippen LogP contribution < -0.4 is 14.2 Å². The molecule has 1 aliphatic heterocycles. The van der Waals surface area contributed by atoms with Crippen LogP contribution in [0.3, 0.4) is 0 Å². The summed E-state index contributed by atoms with van der Waals surface area (Å²) in [6.45, 7) is 4.63. The van der Waals surface area contributed by atoms with Crippen LogP contribution in [0.15, 0.2) is 71.6 Å². The van der Waals surface area contributed by atoms with Crippen LogP contribution in [0.25, 0.3) is 6.08 Å². The Hall–Kier alpha value is -4.31. The Balaban J connectivity index is 1.42. The fourth-order valence-corrected chi connectivity index (χ4v) is 4.59. The lowest BCUT2D eigenvalue weighted by Crippen LogP contribution is -2.32. The highest BCUT2D eigenvalue weighted by atomic mass is 32.2. The van der Waals surface area contributed by atoms with Gasteiger partial charge in [0.25, 0.3) is 16.8 Å². The van der Waals surface area contributed by atoms with Gasteiger partial charge in [-0.3, -0.25) is 24.6 Å². The summed E-state index contributed by atoms with van der Waals surface area (Å²) in [6, 6.07) is 19.0. The highest BCUT2D eigenvalue weighted by Crippen LogP contribution is 2.35. The van der Waals surface area contributed by atoms with E-state index in [0.717, 1.165) is 17.3 Å². The zero-order chi connectivity index (χ0) is 27.1. The number of imide groups is 1. The number of nitro groups is 1. The van der Waals surface area contributed by atoms with Crippen molar-refractivity contribution < 1.29 is 28.7 Å². The molecule has 0 aliphatic carbocycles. The molecule has 0 spiro atoms. The molecule has 0 atom stereocenters. The standard InChI is InChI=1S/C28H26N2O7S/c1-3-35-25-16-20(10-11-24(25)37-18-21-7-5-8-22(15-21)30(33)34)17-26-27(31)29(28(32)38-26)12-13-36-23-9-4-6-19(2)14-23/h4-11,14-17H,3,12-13,18H2,1-2H3/b26-17-. The fourth-order valence-electron chi connectivity index (χ4n) is 3.73. The third kappa shape index (κ3) is 6.71. The molecule has 1 aliphatic rings. The van der Waals surface area contributed by atoms with Gasteiger partial charge in [-0.15, -0.1) is 0 Å². The van der Waals surface area contributed by atoms with Gasteiger partial charge < -0.3 is 14.2 Å². The molecule has 0 aromatic heterocycles. The minimum Gasteiger partial charge on any atom is -0.492 e. The van der Waals surface area contributed by atoms with Crippen molar-refractivity contribution in [1.82, 2.24) is 4.90 Å². The summed E-state index contributed by atoms with van der Waals surface area (Å²) in [5.74, 6) is 1.22. The van der Waals surface area contributed by atoms with Crippen LogP contribution in [0, 0.1) is 17.0 Å². The number of benzene rings is 3. The monoisotopic (exact) mass is 534 g/mol. The van der Waals surface area contributed by atoms with Gasteiger partial charge in [0.1, 0.15) is 19.0 Å². The topological polar surface area (TPSA) is 108 Å². The Kier molecular flexibility index (Phi) is 8.65. The van der Waals surface area contributed by atoms with E-state index in [9.17, 15) is 19.7 Å². The molecule has 3 aromatic carbocycles. The first-order chi connectivity index (χ1) is 18.3. The summed E-state index contributed by atoms with van der Waals surface area (Å²) in [5, 5.41) is 10.7. The van der Waals surface area contributed by atoms with Gasteiger partial charge in [0.2, 0.25) is 0 Å². The average molecular weight is 535 g/mol. The molecule has 4 rings (SSSR count). The average Bonchev–Trinajstić information content (AvgIpc) is 3.16. The van der Waals surface area contributed by atoms with Crippen LogP contribution in [0.4, 0.5) is 10.5 Å². The number of hydrogen-bond donors (Lipinski definition) is 0. The van der Waals surface area contributed by atoms with Crippen LogP contribution in [-0.2, 0) is 11.4 Å². The summed E-state index contributed by atoms with van der Waals surface area (Å²) < 4.78 is 17.3. The Morgan fingerprint density at radius 3 is 2.55 bits per heavy atom. The predicted octanol–water partition coefficient (Wildman–Crippen LogP) is 6.00. The van der Waals surface area contributed by atoms with Crippen molar-refractivity contribution in [2.45, 2.75) is 20.5 Å². The minimum atomic E-state index is -0.456. The summed E-state index contributed by atoms with van der Waals surface area (Å²) in [5.41, 5.74) is 2.36. The van der Waals surface area contributed by atoms with Gasteiger partial charge in [-0.2, -0.15) is 0 Å². The van der Waals surface area contributed by atoms with E-state index in [2.05, 4.69) is 0 Å². The number of carbonyl (C=O) groups is 2. The minimum absolute atomic E-state index is 0.0119. The first kappa shape index (κ1) is 26.7. The Morgan fingerprint density at radius 1 is 0.974 bits per heavy atom. The molecule has 1 saturated heterocycles. The molecule has 10 heteroatoms. The first-order valence-corrected chi connectivity index (χ1v) is 12.7. The molecule has 0 radical (unpaired) electrons. The van der Waals surface area contributed by atoms with Crippen LogP contribution in [-0.4, -0.2) is 40.7 Å². The zero-order valence-corrected chi connectivity index (χ0v) is 21.7. The second-order valence-electron chi connectivity index (χ2n) is 8.35. The second-order valence-corrected chi connectivity index (χ2v) is 9.35. The van der Waals surface area contributed by atoms with Crippen molar-refractivity contribution in [3.05, 3.63) is 98.4 Å². The number of thioether (sulfide) groups is 1. The normalized spacial score (nSPS) is 14.2. The molecule has 1 fully saturated rings. The maximum absolute atomic E-state index is 12.9. The van der Waals surface area contributed by atoms with Crippen LogP contribution in [0.2, 0.25) is 0 Å². The van der Waals surface area contributed by atoms with Crippen molar-refractivity contribution in [1.29, 1.82) is 0 Å². The molecule has 1 heterocycles. The van der Waals surface area contributed by atoms with Crippen LogP contribution in [0.5, 0.6) is 17.2 Å². The number of carbonyl (C=O) groups excluding carboxylic acids is 2. The molecule has 0 saturated carbocycles. The quantitative estimate of drug-likeness (QED) is 0.168. The van der Waals surface area contributed by atoms with Gasteiger partial charge >= 0.3 is 0 Å². The summed E-state index contributed by atoms with van der Waals surface area (Å²) >= 11 is 0.876. The van der Waals surface area contributed by atoms with Crippen LogP contribution in [0.1, 0.15) is 23.6 Å². The highest BCUT2D eigenvalue weighted by Gasteiger charge is 2.34. The molecule has 38 heavy (non-hydrogen) atoms. The Labute approximate surface area is 224 Å². The highest BCUT2D eigenvalue weighted by molar-refractivity contribution is 8.18. The number of amides is 2. The molecule has 0 N–H and O–H groups in total. The summed E-state index contributed by atoms with van der Waals surface area (Å²) in [7, 11) is 0. The van der Waals surface area contributed by atoms with E-state index in [-0.39, 0.29) is 36.6 Å². The van der Waals surface area contributed by atoms with Crippen molar-refractivity contribution in [3.8, 4) is 17.2 Å². The molecular formula is C28H26N2O7S. The van der Waals surface area contributed by atoms with Gasteiger partial charge in [-0.25, -0.2) is 0 Å². The number of nitrogens with zero attached hydrogens (tertiary/aromatic N) is 2. The van der Waals surface area contributed by atoms with Gasteiger partial charge in [0, 0.05) is 12.1 Å². The fraction of sp³-hybridized carbons (Fsp3) is 0.214. The number of ether oxygens (including phenoxy) is 3. The third-order valence-electron chi connectivity index (χ3n) is 5.53. The maximum atomic E-state index is 12.9. The zero-order valence-electron chi connectivity index (χ0n) is 20.9. The molecule has 3 aromatic rings. The summed E-state index contributed by atoms with van der Waals surface area (Å²) in [6.07, 6.45) is 1.64. The summed E-state index contributed by atoms with van der Waals surface area (Å²) in [4.78, 5) is 37.4. The number of nitro benzene ring substituents is 1. The number of hydrogen-bond acceptors (Lipinski definition) is 8. The van der Waals surface area contributed by atoms with E-state index >= 15 is 0 Å². The van der Waals surface area contributed by atoms with Crippen molar-refractivity contribution in [3.63, 3.8) is 0 Å². The molecule has 9 nitrogen and oxygen atoms in total. The van der Waals surface area contributed by atoms with Crippen molar-refractivity contribution in [2.75, 3.05) is 19.8 Å². The number of aryl methyl sites for hydroxylation is 1. The molecule has 0 unspecified atom stereocenters.